The van der Waals surface area contributed by atoms with Crippen LogP contribution in [0.4, 0.5) is 5.95 Å². The van der Waals surface area contributed by atoms with Gasteiger partial charge in [0.25, 0.3) is 0 Å². The van der Waals surface area contributed by atoms with Crippen molar-refractivity contribution in [1.82, 2.24) is 15.0 Å². The van der Waals surface area contributed by atoms with E-state index in [1.54, 1.807) is 17.5 Å². The molecule has 0 amide bonds. The highest BCUT2D eigenvalue weighted by molar-refractivity contribution is 7.13. The molecule has 5 heteroatoms. The summed E-state index contributed by atoms with van der Waals surface area (Å²) in [7, 11) is 0. The zero-order valence-corrected chi connectivity index (χ0v) is 10.7. The molecule has 0 bridgehead atoms. The van der Waals surface area contributed by atoms with Gasteiger partial charge in [0.1, 0.15) is 10.7 Å². The zero-order valence-electron chi connectivity index (χ0n) is 9.89. The molecule has 4 nitrogen and oxygen atoms in total. The molecule has 0 aliphatic carbocycles. The fourth-order valence-corrected chi connectivity index (χ4v) is 2.41. The molecule has 0 atom stereocenters. The molecule has 0 radical (unpaired) electrons. The van der Waals surface area contributed by atoms with Crippen LogP contribution in [0.25, 0.3) is 10.7 Å². The monoisotopic (exact) mass is 248 g/mol. The van der Waals surface area contributed by atoms with Crippen molar-refractivity contribution in [2.75, 3.05) is 5.73 Å². The predicted octanol–water partition coefficient (Wildman–Crippen LogP) is 2.92. The number of aryl methyl sites for hydroxylation is 1. The van der Waals surface area contributed by atoms with Crippen molar-refractivity contribution >= 4 is 17.3 Å². The molecular weight excluding hydrogens is 232 g/mol. The van der Waals surface area contributed by atoms with E-state index in [1.807, 2.05) is 6.07 Å². The van der Waals surface area contributed by atoms with Crippen LogP contribution in [0.1, 0.15) is 31.9 Å². The van der Waals surface area contributed by atoms with Crippen molar-refractivity contribution in [3.8, 4) is 10.7 Å². The molecule has 2 aromatic heterocycles. The molecule has 2 heterocycles. The summed E-state index contributed by atoms with van der Waals surface area (Å²) in [4.78, 5) is 12.6. The predicted molar refractivity (Wildman–Crippen MR) is 70.8 cm³/mol. The average Bonchev–Trinajstić information content (AvgIpc) is 2.78. The quantitative estimate of drug-likeness (QED) is 0.826. The third-order valence-corrected chi connectivity index (χ3v) is 3.40. The van der Waals surface area contributed by atoms with E-state index in [0.29, 0.717) is 5.95 Å². The van der Waals surface area contributed by atoms with Crippen molar-refractivity contribution in [2.24, 2.45) is 0 Å². The molecule has 0 spiro atoms. The SMILES string of the molecule is CCCCCc1csc(-c2ccnc(N)n2)n1. The molecule has 2 N–H and O–H groups in total. The molecular formula is C12H16N4S. The van der Waals surface area contributed by atoms with E-state index < -0.39 is 0 Å². The standard InChI is InChI=1S/C12H16N4S/c1-2-3-4-5-9-8-17-11(15-9)10-6-7-14-12(13)16-10/h6-8H,2-5H2,1H3,(H2,13,14,16). The highest BCUT2D eigenvalue weighted by Crippen LogP contribution is 2.22. The van der Waals surface area contributed by atoms with Crippen molar-refractivity contribution in [3.05, 3.63) is 23.3 Å². The van der Waals surface area contributed by atoms with Crippen molar-refractivity contribution in [1.29, 1.82) is 0 Å². The summed E-state index contributed by atoms with van der Waals surface area (Å²) in [5.74, 6) is 0.297. The van der Waals surface area contributed by atoms with Gasteiger partial charge in [0.05, 0.1) is 5.69 Å². The molecule has 0 saturated carbocycles. The molecule has 0 aliphatic heterocycles. The van der Waals surface area contributed by atoms with E-state index in [2.05, 4.69) is 27.3 Å². The Morgan fingerprint density at radius 3 is 2.94 bits per heavy atom. The van der Waals surface area contributed by atoms with Crippen molar-refractivity contribution in [3.63, 3.8) is 0 Å². The lowest BCUT2D eigenvalue weighted by molar-refractivity contribution is 0.710. The van der Waals surface area contributed by atoms with Gasteiger partial charge < -0.3 is 5.73 Å². The van der Waals surface area contributed by atoms with E-state index in [-0.39, 0.29) is 0 Å². The maximum Gasteiger partial charge on any atom is 0.220 e. The second kappa shape index (κ2) is 5.72. The Kier molecular flexibility index (Phi) is 4.03. The molecule has 0 aliphatic rings. The van der Waals surface area contributed by atoms with Crippen LogP contribution in [0.15, 0.2) is 17.6 Å². The lowest BCUT2D eigenvalue weighted by atomic mass is 10.2. The first-order chi connectivity index (χ1) is 8.29. The Morgan fingerprint density at radius 2 is 2.18 bits per heavy atom. The number of nitrogens with zero attached hydrogens (tertiary/aromatic N) is 3. The van der Waals surface area contributed by atoms with Crippen molar-refractivity contribution in [2.45, 2.75) is 32.6 Å². The van der Waals surface area contributed by atoms with Crippen LogP contribution in [-0.4, -0.2) is 15.0 Å². The second-order valence-electron chi connectivity index (χ2n) is 3.90. The van der Waals surface area contributed by atoms with E-state index in [9.17, 15) is 0 Å². The second-order valence-corrected chi connectivity index (χ2v) is 4.76. The number of unbranched alkanes of at least 4 members (excludes halogenated alkanes) is 2. The minimum Gasteiger partial charge on any atom is -0.368 e. The van der Waals surface area contributed by atoms with Gasteiger partial charge in [-0.2, -0.15) is 0 Å². The number of thiazole rings is 1. The topological polar surface area (TPSA) is 64.7 Å². The van der Waals surface area contributed by atoms with Gasteiger partial charge in [-0.25, -0.2) is 15.0 Å². The summed E-state index contributed by atoms with van der Waals surface area (Å²) in [5, 5.41) is 3.02. The molecule has 17 heavy (non-hydrogen) atoms. The van der Waals surface area contributed by atoms with Crippen LogP contribution in [0.2, 0.25) is 0 Å². The molecule has 2 rings (SSSR count). The van der Waals surface area contributed by atoms with Crippen LogP contribution in [0, 0.1) is 0 Å². The molecule has 90 valence electrons. The lowest BCUT2D eigenvalue weighted by Gasteiger charge is -1.96. The fraction of sp³-hybridized carbons (Fsp3) is 0.417. The Morgan fingerprint density at radius 1 is 1.29 bits per heavy atom. The van der Waals surface area contributed by atoms with Crippen LogP contribution < -0.4 is 5.73 Å². The van der Waals surface area contributed by atoms with Crippen LogP contribution in [-0.2, 0) is 6.42 Å². The van der Waals surface area contributed by atoms with Gasteiger partial charge >= 0.3 is 0 Å². The Balaban J connectivity index is 2.07. The highest BCUT2D eigenvalue weighted by atomic mass is 32.1. The molecule has 0 aromatic carbocycles. The number of anilines is 1. The van der Waals surface area contributed by atoms with Gasteiger partial charge in [0.2, 0.25) is 5.95 Å². The summed E-state index contributed by atoms with van der Waals surface area (Å²) in [6, 6.07) is 1.84. The van der Waals surface area contributed by atoms with E-state index >= 15 is 0 Å². The van der Waals surface area contributed by atoms with Gasteiger partial charge in [-0.3, -0.25) is 0 Å². The average molecular weight is 248 g/mol. The number of rotatable bonds is 5. The Bertz CT molecular complexity index is 481. The van der Waals surface area contributed by atoms with E-state index in [0.717, 1.165) is 22.8 Å². The Labute approximate surface area is 105 Å². The van der Waals surface area contributed by atoms with Crippen LogP contribution >= 0.6 is 11.3 Å². The normalized spacial score (nSPS) is 10.6. The minimum absolute atomic E-state index is 0.297. The summed E-state index contributed by atoms with van der Waals surface area (Å²) >= 11 is 1.61. The first-order valence-corrected chi connectivity index (χ1v) is 6.71. The third-order valence-electron chi connectivity index (χ3n) is 2.48. The number of nitrogens with two attached hydrogens (primary N) is 1. The minimum atomic E-state index is 0.297. The third kappa shape index (κ3) is 3.23. The van der Waals surface area contributed by atoms with Gasteiger partial charge in [0, 0.05) is 11.6 Å². The van der Waals surface area contributed by atoms with Gasteiger partial charge in [0.15, 0.2) is 0 Å². The first-order valence-electron chi connectivity index (χ1n) is 5.83. The van der Waals surface area contributed by atoms with E-state index in [1.165, 1.54) is 19.3 Å². The van der Waals surface area contributed by atoms with Crippen LogP contribution in [0.3, 0.4) is 0 Å². The smallest absolute Gasteiger partial charge is 0.220 e. The van der Waals surface area contributed by atoms with Gasteiger partial charge in [-0.05, 0) is 18.9 Å². The fourth-order valence-electron chi connectivity index (χ4n) is 1.59. The summed E-state index contributed by atoms with van der Waals surface area (Å²) in [5.41, 5.74) is 7.51. The number of nitrogen functional groups attached to an aromatic ring is 1. The number of hydrogen-bond acceptors (Lipinski definition) is 5. The van der Waals surface area contributed by atoms with Crippen LogP contribution in [0.5, 0.6) is 0 Å². The largest absolute Gasteiger partial charge is 0.368 e. The Hall–Kier alpha value is -1.49. The summed E-state index contributed by atoms with van der Waals surface area (Å²) < 4.78 is 0. The number of hydrogen-bond donors (Lipinski definition) is 1. The molecule has 0 fully saturated rings. The summed E-state index contributed by atoms with van der Waals surface area (Å²) in [6.45, 7) is 2.20. The van der Waals surface area contributed by atoms with Gasteiger partial charge in [-0.1, -0.05) is 19.8 Å². The maximum absolute atomic E-state index is 5.56. The number of aromatic nitrogens is 3. The van der Waals surface area contributed by atoms with Crippen molar-refractivity contribution < 1.29 is 0 Å². The van der Waals surface area contributed by atoms with Gasteiger partial charge in [-0.15, -0.1) is 11.3 Å². The molecule has 0 unspecified atom stereocenters. The lowest BCUT2D eigenvalue weighted by Crippen LogP contribution is -1.95. The van der Waals surface area contributed by atoms with E-state index in [4.69, 9.17) is 5.73 Å². The summed E-state index contributed by atoms with van der Waals surface area (Å²) in [6.07, 6.45) is 6.40. The molecule has 2 aromatic rings. The zero-order chi connectivity index (χ0) is 12.1. The first kappa shape index (κ1) is 12.0. The highest BCUT2D eigenvalue weighted by Gasteiger charge is 2.06. The maximum atomic E-state index is 5.56. The molecule has 0 saturated heterocycles.